The van der Waals surface area contributed by atoms with Crippen LogP contribution in [0.25, 0.3) is 0 Å². The maximum atomic E-state index is 9.79. The summed E-state index contributed by atoms with van der Waals surface area (Å²) in [6.45, 7) is 0.619. The second-order valence-corrected chi connectivity index (χ2v) is 4.47. The summed E-state index contributed by atoms with van der Waals surface area (Å²) in [6, 6.07) is 7.49. The lowest BCUT2D eigenvalue weighted by Crippen LogP contribution is -2.41. The van der Waals surface area contributed by atoms with Crippen LogP contribution in [0.1, 0.15) is 31.2 Å². The van der Waals surface area contributed by atoms with Gasteiger partial charge in [0.05, 0.1) is 6.10 Å². The highest BCUT2D eigenvalue weighted by Gasteiger charge is 2.22. The minimum atomic E-state index is -0.236. The number of aromatic hydroxyl groups is 1. The Kier molecular flexibility index (Phi) is 3.80. The number of phenolic OH excluding ortho intramolecular Hbond substituents is 1. The van der Waals surface area contributed by atoms with Crippen molar-refractivity contribution in [2.45, 2.75) is 44.4 Å². The van der Waals surface area contributed by atoms with Crippen LogP contribution in [0.15, 0.2) is 24.3 Å². The van der Waals surface area contributed by atoms with Gasteiger partial charge < -0.3 is 15.5 Å². The first kappa shape index (κ1) is 11.4. The van der Waals surface area contributed by atoms with Gasteiger partial charge in [-0.25, -0.2) is 0 Å². The molecular formula is C13H19NO2. The third-order valence-corrected chi connectivity index (χ3v) is 3.28. The molecule has 1 aromatic rings. The molecule has 0 spiro atoms. The summed E-state index contributed by atoms with van der Waals surface area (Å²) >= 11 is 0. The fourth-order valence-corrected chi connectivity index (χ4v) is 2.25. The van der Waals surface area contributed by atoms with E-state index in [4.69, 9.17) is 0 Å². The van der Waals surface area contributed by atoms with Gasteiger partial charge >= 0.3 is 0 Å². The highest BCUT2D eigenvalue weighted by atomic mass is 16.3. The second-order valence-electron chi connectivity index (χ2n) is 4.47. The highest BCUT2D eigenvalue weighted by molar-refractivity contribution is 5.31. The van der Waals surface area contributed by atoms with Gasteiger partial charge in [0.1, 0.15) is 5.75 Å². The smallest absolute Gasteiger partial charge is 0.120 e. The van der Waals surface area contributed by atoms with Crippen molar-refractivity contribution in [3.05, 3.63) is 29.8 Å². The van der Waals surface area contributed by atoms with Gasteiger partial charge in [-0.05, 0) is 18.9 Å². The molecule has 3 N–H and O–H groups in total. The molecule has 0 saturated heterocycles. The lowest BCUT2D eigenvalue weighted by Gasteiger charge is -2.28. The van der Waals surface area contributed by atoms with Crippen LogP contribution in [0.4, 0.5) is 0 Å². The van der Waals surface area contributed by atoms with Crippen LogP contribution in [-0.4, -0.2) is 22.4 Å². The summed E-state index contributed by atoms with van der Waals surface area (Å²) in [5.41, 5.74) is 0.889. The summed E-state index contributed by atoms with van der Waals surface area (Å²) in [4.78, 5) is 0. The predicted octanol–water partition coefficient (Wildman–Crippen LogP) is 1.79. The van der Waals surface area contributed by atoms with Gasteiger partial charge in [-0.3, -0.25) is 0 Å². The number of para-hydroxylation sites is 1. The number of hydrogen-bond donors (Lipinski definition) is 3. The van der Waals surface area contributed by atoms with Crippen molar-refractivity contribution < 1.29 is 10.2 Å². The lowest BCUT2D eigenvalue weighted by molar-refractivity contribution is 0.0901. The van der Waals surface area contributed by atoms with E-state index in [1.807, 2.05) is 18.2 Å². The third kappa shape index (κ3) is 2.74. The molecule has 1 aliphatic rings. The van der Waals surface area contributed by atoms with Crippen molar-refractivity contribution in [2.75, 3.05) is 0 Å². The molecule has 1 aromatic carbocycles. The Morgan fingerprint density at radius 2 is 1.94 bits per heavy atom. The molecule has 0 unspecified atom stereocenters. The van der Waals surface area contributed by atoms with Gasteiger partial charge in [-0.2, -0.15) is 0 Å². The molecule has 0 bridgehead atoms. The maximum Gasteiger partial charge on any atom is 0.120 e. The second kappa shape index (κ2) is 5.32. The van der Waals surface area contributed by atoms with Crippen molar-refractivity contribution in [3.63, 3.8) is 0 Å². The number of benzene rings is 1. The maximum absolute atomic E-state index is 9.79. The minimum Gasteiger partial charge on any atom is -0.508 e. The summed E-state index contributed by atoms with van der Waals surface area (Å²) in [5.74, 6) is 0.320. The normalized spacial score (nSPS) is 25.6. The van der Waals surface area contributed by atoms with Crippen LogP contribution in [0.3, 0.4) is 0 Å². The van der Waals surface area contributed by atoms with Crippen LogP contribution >= 0.6 is 0 Å². The Hall–Kier alpha value is -1.06. The molecule has 0 heterocycles. The Morgan fingerprint density at radius 1 is 1.19 bits per heavy atom. The fourth-order valence-electron chi connectivity index (χ4n) is 2.25. The number of phenols is 1. The number of aliphatic hydroxyl groups is 1. The molecule has 1 aliphatic carbocycles. The van der Waals surface area contributed by atoms with Crippen molar-refractivity contribution in [1.29, 1.82) is 0 Å². The Bertz CT molecular complexity index is 340. The van der Waals surface area contributed by atoms with Gasteiger partial charge in [0.15, 0.2) is 0 Å². The molecule has 1 fully saturated rings. The summed E-state index contributed by atoms with van der Waals surface area (Å²) in [5, 5.41) is 22.7. The minimum absolute atomic E-state index is 0.174. The van der Waals surface area contributed by atoms with Crippen LogP contribution in [0, 0.1) is 0 Å². The number of nitrogens with one attached hydrogen (secondary N) is 1. The lowest BCUT2D eigenvalue weighted by atomic mass is 9.92. The van der Waals surface area contributed by atoms with E-state index < -0.39 is 0 Å². The zero-order valence-electron chi connectivity index (χ0n) is 9.39. The van der Waals surface area contributed by atoms with Crippen LogP contribution in [0.5, 0.6) is 5.75 Å². The predicted molar refractivity (Wildman–Crippen MR) is 63.2 cm³/mol. The molecule has 3 heteroatoms. The van der Waals surface area contributed by atoms with Crippen molar-refractivity contribution in [2.24, 2.45) is 0 Å². The molecule has 0 radical (unpaired) electrons. The van der Waals surface area contributed by atoms with E-state index in [0.29, 0.717) is 12.3 Å². The van der Waals surface area contributed by atoms with Gasteiger partial charge in [0.25, 0.3) is 0 Å². The van der Waals surface area contributed by atoms with Crippen molar-refractivity contribution >= 4 is 0 Å². The Morgan fingerprint density at radius 3 is 2.69 bits per heavy atom. The van der Waals surface area contributed by atoms with Gasteiger partial charge in [0.2, 0.25) is 0 Å². The largest absolute Gasteiger partial charge is 0.508 e. The molecule has 3 nitrogen and oxygen atoms in total. The van der Waals surface area contributed by atoms with Gasteiger partial charge in [0, 0.05) is 18.2 Å². The zero-order chi connectivity index (χ0) is 11.4. The van der Waals surface area contributed by atoms with Crippen LogP contribution in [0.2, 0.25) is 0 Å². The van der Waals surface area contributed by atoms with Gasteiger partial charge in [-0.1, -0.05) is 31.0 Å². The van der Waals surface area contributed by atoms with Crippen LogP contribution < -0.4 is 5.32 Å². The molecule has 0 amide bonds. The van der Waals surface area contributed by atoms with E-state index in [9.17, 15) is 10.2 Å². The van der Waals surface area contributed by atoms with E-state index in [1.54, 1.807) is 6.07 Å². The molecule has 0 aromatic heterocycles. The molecule has 2 rings (SSSR count). The topological polar surface area (TPSA) is 52.5 Å². The highest BCUT2D eigenvalue weighted by Crippen LogP contribution is 2.20. The molecule has 2 atom stereocenters. The summed E-state index contributed by atoms with van der Waals surface area (Å²) in [6.07, 6.45) is 3.97. The van der Waals surface area contributed by atoms with E-state index in [1.165, 1.54) is 6.42 Å². The van der Waals surface area contributed by atoms with E-state index in [2.05, 4.69) is 5.32 Å². The summed E-state index contributed by atoms with van der Waals surface area (Å²) < 4.78 is 0. The first-order valence-electron chi connectivity index (χ1n) is 5.95. The molecule has 88 valence electrons. The average Bonchev–Trinajstić information content (AvgIpc) is 2.30. The summed E-state index contributed by atoms with van der Waals surface area (Å²) in [7, 11) is 0. The molecular weight excluding hydrogens is 202 g/mol. The number of aliphatic hydroxyl groups excluding tert-OH is 1. The van der Waals surface area contributed by atoms with Crippen LogP contribution in [-0.2, 0) is 6.54 Å². The van der Waals surface area contributed by atoms with Crippen molar-refractivity contribution in [1.82, 2.24) is 5.32 Å². The van der Waals surface area contributed by atoms with E-state index in [-0.39, 0.29) is 12.1 Å². The Labute approximate surface area is 96.1 Å². The molecule has 1 saturated carbocycles. The van der Waals surface area contributed by atoms with Crippen molar-refractivity contribution in [3.8, 4) is 5.75 Å². The fraction of sp³-hybridized carbons (Fsp3) is 0.538. The quantitative estimate of drug-likeness (QED) is 0.729. The van der Waals surface area contributed by atoms with E-state index >= 15 is 0 Å². The number of rotatable bonds is 3. The first-order valence-corrected chi connectivity index (χ1v) is 5.95. The average molecular weight is 221 g/mol. The zero-order valence-corrected chi connectivity index (χ0v) is 9.39. The monoisotopic (exact) mass is 221 g/mol. The Balaban J connectivity index is 1.89. The van der Waals surface area contributed by atoms with Gasteiger partial charge in [-0.15, -0.1) is 0 Å². The first-order chi connectivity index (χ1) is 7.77. The van der Waals surface area contributed by atoms with E-state index in [0.717, 1.165) is 24.8 Å². The SMILES string of the molecule is Oc1ccccc1CN[C@H]1CCCC[C@@H]1O. The molecule has 16 heavy (non-hydrogen) atoms. The number of hydrogen-bond acceptors (Lipinski definition) is 3. The standard InChI is InChI=1S/C13H19NO2/c15-12-7-3-1-5-10(12)9-14-11-6-2-4-8-13(11)16/h1,3,5,7,11,13-16H,2,4,6,8-9H2/t11-,13-/m0/s1. The third-order valence-electron chi connectivity index (χ3n) is 3.28. The molecule has 0 aliphatic heterocycles.